The summed E-state index contributed by atoms with van der Waals surface area (Å²) < 4.78 is 0. The maximum absolute atomic E-state index is 12.8. The number of carbonyl (C=O) groups excluding carboxylic acids is 3. The van der Waals surface area contributed by atoms with Crippen LogP contribution in [0.1, 0.15) is 38.2 Å². The molecule has 2 N–H and O–H groups in total. The minimum Gasteiger partial charge on any atom is -0.330 e. The van der Waals surface area contributed by atoms with Crippen LogP contribution in [-0.2, 0) is 14.4 Å². The normalized spacial score (nSPS) is 17.2. The Morgan fingerprint density at radius 2 is 2.31 bits per heavy atom. The van der Waals surface area contributed by atoms with Crippen LogP contribution in [0, 0.1) is 12.8 Å². The van der Waals surface area contributed by atoms with E-state index in [4.69, 9.17) is 0 Å². The second-order valence-electron chi connectivity index (χ2n) is 6.61. The van der Waals surface area contributed by atoms with E-state index in [1.807, 2.05) is 19.9 Å². The molecule has 0 aliphatic carbocycles. The Bertz CT molecular complexity index is 652. The van der Waals surface area contributed by atoms with Gasteiger partial charge in [-0.15, -0.1) is 0 Å². The van der Waals surface area contributed by atoms with E-state index in [0.29, 0.717) is 30.3 Å². The van der Waals surface area contributed by atoms with Gasteiger partial charge < -0.3 is 10.2 Å². The highest BCUT2D eigenvalue weighted by Gasteiger charge is 2.40. The van der Waals surface area contributed by atoms with Crippen molar-refractivity contribution < 1.29 is 19.6 Å². The number of pyridine rings is 1. The van der Waals surface area contributed by atoms with E-state index in [-0.39, 0.29) is 24.8 Å². The molecular weight excluding hydrogens is 336 g/mol. The lowest BCUT2D eigenvalue weighted by atomic mass is 9.94. The SMILES string of the molecule is CCCC[C@H](CN(O)C=O)C(=O)N1CC[C@H]1C(=O)Nc1cc(C)ccn1. The number of carbonyl (C=O) groups is 3. The van der Waals surface area contributed by atoms with Gasteiger partial charge >= 0.3 is 0 Å². The summed E-state index contributed by atoms with van der Waals surface area (Å²) in [5.41, 5.74) is 0.980. The zero-order chi connectivity index (χ0) is 19.1. The highest BCUT2D eigenvalue weighted by Crippen LogP contribution is 2.24. The monoisotopic (exact) mass is 362 g/mol. The molecule has 26 heavy (non-hydrogen) atoms. The Labute approximate surface area is 153 Å². The zero-order valence-electron chi connectivity index (χ0n) is 15.2. The standard InChI is InChI=1S/C18H26N4O4/c1-3-4-5-14(11-21(26)12-23)18(25)22-9-7-15(22)17(24)20-16-10-13(2)6-8-19-16/h6,8,10,12,14-15,26H,3-5,7,9,11H2,1-2H3,(H,19,20,24)/t14-,15+/m1/s1. The van der Waals surface area contributed by atoms with E-state index in [2.05, 4.69) is 10.3 Å². The molecule has 1 fully saturated rings. The second-order valence-corrected chi connectivity index (χ2v) is 6.61. The van der Waals surface area contributed by atoms with Gasteiger partial charge in [0, 0.05) is 12.7 Å². The molecule has 0 spiro atoms. The Hall–Kier alpha value is -2.48. The van der Waals surface area contributed by atoms with Crippen LogP contribution in [0.2, 0.25) is 0 Å². The lowest BCUT2D eigenvalue weighted by Crippen LogP contribution is -2.59. The summed E-state index contributed by atoms with van der Waals surface area (Å²) in [6.07, 6.45) is 4.76. The minimum absolute atomic E-state index is 0.0629. The number of likely N-dealkylation sites (tertiary alicyclic amines) is 1. The first-order valence-corrected chi connectivity index (χ1v) is 8.91. The summed E-state index contributed by atoms with van der Waals surface area (Å²) in [5.74, 6) is -0.534. The summed E-state index contributed by atoms with van der Waals surface area (Å²) in [6, 6.07) is 3.05. The summed E-state index contributed by atoms with van der Waals surface area (Å²) in [4.78, 5) is 41.5. The smallest absolute Gasteiger partial charge is 0.248 e. The molecule has 3 amide bonds. The molecule has 1 aliphatic heterocycles. The predicted octanol–water partition coefficient (Wildman–Crippen LogP) is 1.58. The van der Waals surface area contributed by atoms with Gasteiger partial charge in [-0.3, -0.25) is 19.6 Å². The number of rotatable bonds is 9. The number of amides is 3. The minimum atomic E-state index is -0.544. The van der Waals surface area contributed by atoms with Crippen molar-refractivity contribution in [2.24, 2.45) is 5.92 Å². The molecule has 0 saturated carbocycles. The summed E-state index contributed by atoms with van der Waals surface area (Å²) in [7, 11) is 0. The van der Waals surface area contributed by atoms with Crippen LogP contribution >= 0.6 is 0 Å². The van der Waals surface area contributed by atoms with Crippen molar-refractivity contribution in [2.75, 3.05) is 18.4 Å². The van der Waals surface area contributed by atoms with E-state index in [1.54, 1.807) is 12.3 Å². The molecule has 8 nitrogen and oxygen atoms in total. The number of aromatic nitrogens is 1. The molecular formula is C18H26N4O4. The zero-order valence-corrected chi connectivity index (χ0v) is 15.2. The molecule has 2 heterocycles. The molecule has 1 aromatic heterocycles. The average molecular weight is 362 g/mol. The Balaban J connectivity index is 2.00. The van der Waals surface area contributed by atoms with Crippen LogP contribution in [0.3, 0.4) is 0 Å². The predicted molar refractivity (Wildman–Crippen MR) is 95.3 cm³/mol. The highest BCUT2D eigenvalue weighted by atomic mass is 16.5. The number of nitrogens with one attached hydrogen (secondary N) is 1. The average Bonchev–Trinajstić information content (AvgIpc) is 2.57. The molecule has 0 radical (unpaired) electrons. The molecule has 0 unspecified atom stereocenters. The van der Waals surface area contributed by atoms with Gasteiger partial charge in [-0.2, -0.15) is 0 Å². The third-order valence-corrected chi connectivity index (χ3v) is 4.56. The Kier molecular flexibility index (Phi) is 7.08. The van der Waals surface area contributed by atoms with Crippen molar-refractivity contribution in [1.82, 2.24) is 14.9 Å². The van der Waals surface area contributed by atoms with Gasteiger partial charge in [-0.05, 0) is 37.5 Å². The molecule has 0 aromatic carbocycles. The van der Waals surface area contributed by atoms with Crippen molar-refractivity contribution in [3.63, 3.8) is 0 Å². The summed E-state index contributed by atoms with van der Waals surface area (Å²) in [5, 5.41) is 12.7. The number of hydrogen-bond donors (Lipinski definition) is 2. The maximum Gasteiger partial charge on any atom is 0.248 e. The van der Waals surface area contributed by atoms with Gasteiger partial charge in [0.2, 0.25) is 18.2 Å². The fourth-order valence-electron chi connectivity index (χ4n) is 2.98. The van der Waals surface area contributed by atoms with Gasteiger partial charge in [0.15, 0.2) is 0 Å². The summed E-state index contributed by atoms with van der Waals surface area (Å²) in [6.45, 7) is 4.34. The highest BCUT2D eigenvalue weighted by molar-refractivity contribution is 5.98. The number of hydroxylamine groups is 2. The lowest BCUT2D eigenvalue weighted by molar-refractivity contribution is -0.161. The van der Waals surface area contributed by atoms with Gasteiger partial charge in [0.25, 0.3) is 0 Å². The third-order valence-electron chi connectivity index (χ3n) is 4.56. The first-order valence-electron chi connectivity index (χ1n) is 8.91. The Morgan fingerprint density at radius 3 is 2.88 bits per heavy atom. The topological polar surface area (TPSA) is 103 Å². The number of unbranched alkanes of at least 4 members (excludes halogenated alkanes) is 1. The van der Waals surface area contributed by atoms with E-state index in [9.17, 15) is 19.6 Å². The van der Waals surface area contributed by atoms with Crippen LogP contribution in [0.25, 0.3) is 0 Å². The van der Waals surface area contributed by atoms with Crippen molar-refractivity contribution >= 4 is 24.0 Å². The van der Waals surface area contributed by atoms with Crippen LogP contribution in [0.5, 0.6) is 0 Å². The summed E-state index contributed by atoms with van der Waals surface area (Å²) >= 11 is 0. The van der Waals surface area contributed by atoms with Crippen molar-refractivity contribution in [1.29, 1.82) is 0 Å². The molecule has 1 aliphatic rings. The first kappa shape index (κ1) is 19.8. The van der Waals surface area contributed by atoms with Crippen LogP contribution in [-0.4, -0.2) is 57.5 Å². The van der Waals surface area contributed by atoms with Crippen molar-refractivity contribution in [3.8, 4) is 0 Å². The molecule has 8 heteroatoms. The molecule has 142 valence electrons. The van der Waals surface area contributed by atoms with Gasteiger partial charge in [-0.25, -0.2) is 10.0 Å². The van der Waals surface area contributed by atoms with E-state index >= 15 is 0 Å². The first-order chi connectivity index (χ1) is 12.5. The molecule has 2 atom stereocenters. The van der Waals surface area contributed by atoms with E-state index in [1.165, 1.54) is 4.90 Å². The number of anilines is 1. The van der Waals surface area contributed by atoms with Crippen molar-refractivity contribution in [2.45, 2.75) is 45.6 Å². The fraction of sp³-hybridized carbons (Fsp3) is 0.556. The quantitative estimate of drug-likeness (QED) is 0.394. The Morgan fingerprint density at radius 1 is 1.54 bits per heavy atom. The van der Waals surface area contributed by atoms with Gasteiger partial charge in [0.1, 0.15) is 11.9 Å². The number of hydrogen-bond acceptors (Lipinski definition) is 5. The number of nitrogens with zero attached hydrogens (tertiary/aromatic N) is 3. The van der Waals surface area contributed by atoms with E-state index in [0.717, 1.165) is 18.4 Å². The maximum atomic E-state index is 12.8. The molecule has 1 saturated heterocycles. The van der Waals surface area contributed by atoms with Crippen LogP contribution in [0.15, 0.2) is 18.3 Å². The molecule has 0 bridgehead atoms. The van der Waals surface area contributed by atoms with Gasteiger partial charge in [0.05, 0.1) is 12.5 Å². The lowest BCUT2D eigenvalue weighted by Gasteiger charge is -2.41. The van der Waals surface area contributed by atoms with Crippen LogP contribution in [0.4, 0.5) is 5.82 Å². The molecule has 1 aromatic rings. The van der Waals surface area contributed by atoms with Crippen molar-refractivity contribution in [3.05, 3.63) is 23.9 Å². The van der Waals surface area contributed by atoms with Gasteiger partial charge in [-0.1, -0.05) is 19.8 Å². The van der Waals surface area contributed by atoms with E-state index < -0.39 is 12.0 Å². The molecule has 2 rings (SSSR count). The largest absolute Gasteiger partial charge is 0.330 e. The van der Waals surface area contributed by atoms with Crippen LogP contribution < -0.4 is 5.32 Å². The number of aryl methyl sites for hydroxylation is 1. The second kappa shape index (κ2) is 9.28. The third kappa shape index (κ3) is 5.01. The fourth-order valence-corrected chi connectivity index (χ4v) is 2.98.